The Morgan fingerprint density at radius 2 is 1.71 bits per heavy atom. The van der Waals surface area contributed by atoms with Crippen LogP contribution in [0.25, 0.3) is 0 Å². The Morgan fingerprint density at radius 1 is 1.07 bits per heavy atom. The van der Waals surface area contributed by atoms with Crippen molar-refractivity contribution in [3.05, 3.63) is 35.4 Å². The fraction of sp³-hybridized carbons (Fsp3) is 0.619. The summed E-state index contributed by atoms with van der Waals surface area (Å²) in [6, 6.07) is 7.68. The molecule has 1 aliphatic heterocycles. The summed E-state index contributed by atoms with van der Waals surface area (Å²) in [6.07, 6.45) is 5.38. The summed E-state index contributed by atoms with van der Waals surface area (Å²) in [4.78, 5) is 20.8. The highest BCUT2D eigenvalue weighted by atomic mass is 127. The first-order chi connectivity index (χ1) is 13.1. The van der Waals surface area contributed by atoms with Gasteiger partial charge in [0.1, 0.15) is 0 Å². The van der Waals surface area contributed by atoms with Crippen molar-refractivity contribution in [3.63, 3.8) is 0 Å². The maximum atomic E-state index is 12.0. The summed E-state index contributed by atoms with van der Waals surface area (Å²) in [6.45, 7) is 7.91. The topological polar surface area (TPSA) is 60.0 Å². The quantitative estimate of drug-likeness (QED) is 0.343. The number of aliphatic imine (C=N–C) groups is 1. The number of nitrogens with zero attached hydrogens (tertiary/aromatic N) is 3. The molecule has 1 aliphatic rings. The van der Waals surface area contributed by atoms with E-state index in [1.165, 1.54) is 38.8 Å². The van der Waals surface area contributed by atoms with Crippen LogP contribution in [0.2, 0.25) is 0 Å². The van der Waals surface area contributed by atoms with Gasteiger partial charge in [0.25, 0.3) is 5.91 Å². The smallest absolute Gasteiger partial charge is 0.253 e. The van der Waals surface area contributed by atoms with Crippen LogP contribution in [0, 0.1) is 0 Å². The largest absolute Gasteiger partial charge is 0.357 e. The molecule has 1 amide bonds. The third kappa shape index (κ3) is 8.77. The molecule has 2 N–H and O–H groups in total. The van der Waals surface area contributed by atoms with Crippen LogP contribution >= 0.6 is 24.0 Å². The number of hydrogen-bond donors (Lipinski definition) is 2. The predicted molar refractivity (Wildman–Crippen MR) is 128 cm³/mol. The lowest BCUT2D eigenvalue weighted by atomic mass is 10.1. The second kappa shape index (κ2) is 13.8. The summed E-state index contributed by atoms with van der Waals surface area (Å²) in [7, 11) is 3.53. The lowest BCUT2D eigenvalue weighted by molar-refractivity contribution is 0.0827. The molecule has 158 valence electrons. The van der Waals surface area contributed by atoms with Gasteiger partial charge in [-0.15, -0.1) is 24.0 Å². The van der Waals surface area contributed by atoms with Crippen molar-refractivity contribution in [2.45, 2.75) is 39.2 Å². The van der Waals surface area contributed by atoms with Crippen LogP contribution in [-0.4, -0.2) is 68.5 Å². The lowest BCUT2D eigenvalue weighted by Gasteiger charge is -2.20. The van der Waals surface area contributed by atoms with Crippen LogP contribution in [0.1, 0.15) is 48.5 Å². The third-order valence-electron chi connectivity index (χ3n) is 4.79. The molecule has 28 heavy (non-hydrogen) atoms. The SMILES string of the molecule is CCNC(=NCc1ccc(C(=O)N(C)C)cc1)NCCN1CCCCCC1.I. The van der Waals surface area contributed by atoms with E-state index in [1.54, 1.807) is 19.0 Å². The Hall–Kier alpha value is -1.35. The van der Waals surface area contributed by atoms with Crippen molar-refractivity contribution >= 4 is 35.8 Å². The zero-order valence-electron chi connectivity index (χ0n) is 17.5. The molecule has 0 spiro atoms. The van der Waals surface area contributed by atoms with Crippen molar-refractivity contribution in [2.24, 2.45) is 4.99 Å². The summed E-state index contributed by atoms with van der Waals surface area (Å²) in [5, 5.41) is 6.75. The summed E-state index contributed by atoms with van der Waals surface area (Å²) in [5.41, 5.74) is 1.80. The molecule has 0 unspecified atom stereocenters. The van der Waals surface area contributed by atoms with Crippen molar-refractivity contribution in [1.29, 1.82) is 0 Å². The van der Waals surface area contributed by atoms with Gasteiger partial charge < -0.3 is 20.4 Å². The van der Waals surface area contributed by atoms with Gasteiger partial charge in [-0.2, -0.15) is 0 Å². The number of carbonyl (C=O) groups is 1. The van der Waals surface area contributed by atoms with Gasteiger partial charge in [0.15, 0.2) is 5.96 Å². The predicted octanol–water partition coefficient (Wildman–Crippen LogP) is 2.94. The monoisotopic (exact) mass is 501 g/mol. The van der Waals surface area contributed by atoms with E-state index in [-0.39, 0.29) is 29.9 Å². The highest BCUT2D eigenvalue weighted by Crippen LogP contribution is 2.09. The first-order valence-electron chi connectivity index (χ1n) is 10.1. The average Bonchev–Trinajstić information content (AvgIpc) is 2.94. The van der Waals surface area contributed by atoms with Crippen LogP contribution in [0.3, 0.4) is 0 Å². The highest BCUT2D eigenvalue weighted by Gasteiger charge is 2.09. The zero-order chi connectivity index (χ0) is 19.5. The fourth-order valence-corrected chi connectivity index (χ4v) is 3.22. The van der Waals surface area contributed by atoms with Crippen LogP contribution < -0.4 is 10.6 Å². The molecule has 1 fully saturated rings. The van der Waals surface area contributed by atoms with Crippen LogP contribution in [0.15, 0.2) is 29.3 Å². The molecule has 0 aromatic heterocycles. The minimum absolute atomic E-state index is 0. The number of amides is 1. The van der Waals surface area contributed by atoms with Crippen molar-refractivity contribution < 1.29 is 4.79 Å². The molecule has 1 aromatic carbocycles. The molecule has 0 atom stereocenters. The minimum Gasteiger partial charge on any atom is -0.357 e. The maximum Gasteiger partial charge on any atom is 0.253 e. The second-order valence-corrected chi connectivity index (χ2v) is 7.27. The molecule has 1 saturated heterocycles. The van der Waals surface area contributed by atoms with Gasteiger partial charge in [-0.05, 0) is 50.6 Å². The number of likely N-dealkylation sites (tertiary alicyclic amines) is 1. The summed E-state index contributed by atoms with van der Waals surface area (Å²) < 4.78 is 0. The first-order valence-corrected chi connectivity index (χ1v) is 10.1. The lowest BCUT2D eigenvalue weighted by Crippen LogP contribution is -2.41. The fourth-order valence-electron chi connectivity index (χ4n) is 3.22. The number of benzene rings is 1. The highest BCUT2D eigenvalue weighted by molar-refractivity contribution is 14.0. The van der Waals surface area contributed by atoms with Crippen molar-refractivity contribution in [1.82, 2.24) is 20.4 Å². The van der Waals surface area contributed by atoms with E-state index in [4.69, 9.17) is 0 Å². The number of carbonyl (C=O) groups excluding carboxylic acids is 1. The van der Waals surface area contributed by atoms with Gasteiger partial charge in [0.05, 0.1) is 6.54 Å². The minimum atomic E-state index is 0. The van der Waals surface area contributed by atoms with E-state index < -0.39 is 0 Å². The van der Waals surface area contributed by atoms with E-state index >= 15 is 0 Å². The molecule has 0 saturated carbocycles. The normalized spacial score (nSPS) is 15.3. The summed E-state index contributed by atoms with van der Waals surface area (Å²) in [5.74, 6) is 0.870. The number of rotatable bonds is 7. The molecule has 2 rings (SSSR count). The van der Waals surface area contributed by atoms with Gasteiger partial charge in [0.2, 0.25) is 0 Å². The molecule has 1 aromatic rings. The summed E-state index contributed by atoms with van der Waals surface area (Å²) >= 11 is 0. The van der Waals surface area contributed by atoms with E-state index in [0.717, 1.165) is 31.2 Å². The van der Waals surface area contributed by atoms with Gasteiger partial charge in [0, 0.05) is 39.3 Å². The number of nitrogens with one attached hydrogen (secondary N) is 2. The van der Waals surface area contributed by atoms with Gasteiger partial charge in [-0.3, -0.25) is 4.79 Å². The molecule has 0 radical (unpaired) electrons. The zero-order valence-corrected chi connectivity index (χ0v) is 19.9. The molecule has 0 aliphatic carbocycles. The van der Waals surface area contributed by atoms with E-state index in [1.807, 2.05) is 24.3 Å². The Balaban J connectivity index is 0.00000392. The van der Waals surface area contributed by atoms with Crippen LogP contribution in [0.4, 0.5) is 0 Å². The number of guanidine groups is 1. The van der Waals surface area contributed by atoms with Crippen molar-refractivity contribution in [3.8, 4) is 0 Å². The second-order valence-electron chi connectivity index (χ2n) is 7.27. The molecule has 7 heteroatoms. The number of halogens is 1. The van der Waals surface area contributed by atoms with Crippen molar-refractivity contribution in [2.75, 3.05) is 46.8 Å². The average molecular weight is 501 g/mol. The van der Waals surface area contributed by atoms with Gasteiger partial charge in [-0.1, -0.05) is 25.0 Å². The molecular formula is C21H36IN5O. The van der Waals surface area contributed by atoms with E-state index in [2.05, 4.69) is 27.4 Å². The maximum absolute atomic E-state index is 12.0. The van der Waals surface area contributed by atoms with Gasteiger partial charge >= 0.3 is 0 Å². The Labute approximate surface area is 187 Å². The van der Waals surface area contributed by atoms with E-state index in [0.29, 0.717) is 12.1 Å². The Bertz CT molecular complexity index is 595. The van der Waals surface area contributed by atoms with Gasteiger partial charge in [-0.25, -0.2) is 4.99 Å². The van der Waals surface area contributed by atoms with Crippen LogP contribution in [-0.2, 0) is 6.54 Å². The standard InChI is InChI=1S/C21H35N5O.HI/c1-4-22-21(23-13-16-26-14-7-5-6-8-15-26)24-17-18-9-11-19(12-10-18)20(27)25(2)3;/h9-12H,4-8,13-17H2,1-3H3,(H2,22,23,24);1H. The Morgan fingerprint density at radius 3 is 2.29 bits per heavy atom. The third-order valence-corrected chi connectivity index (χ3v) is 4.79. The molecule has 0 bridgehead atoms. The first kappa shape index (κ1) is 24.7. The van der Waals surface area contributed by atoms with E-state index in [9.17, 15) is 4.79 Å². The van der Waals surface area contributed by atoms with Crippen LogP contribution in [0.5, 0.6) is 0 Å². The number of hydrogen-bond acceptors (Lipinski definition) is 3. The molecule has 1 heterocycles. The molecular weight excluding hydrogens is 465 g/mol. The Kier molecular flexibility index (Phi) is 12.1. The molecule has 6 nitrogen and oxygen atoms in total.